The van der Waals surface area contributed by atoms with Crippen molar-refractivity contribution in [3.63, 3.8) is 0 Å². The zero-order chi connectivity index (χ0) is 9.42. The third kappa shape index (κ3) is 1.29. The van der Waals surface area contributed by atoms with Crippen LogP contribution in [0.15, 0.2) is 12.3 Å². The van der Waals surface area contributed by atoms with E-state index in [2.05, 4.69) is 30.3 Å². The number of aromatic nitrogens is 1. The summed E-state index contributed by atoms with van der Waals surface area (Å²) in [7, 11) is 2.00. The molecule has 0 unspecified atom stereocenters. The Morgan fingerprint density at radius 2 is 2.31 bits per heavy atom. The van der Waals surface area contributed by atoms with Crippen molar-refractivity contribution in [2.24, 2.45) is 0 Å². The molecule has 0 aromatic carbocycles. The summed E-state index contributed by atoms with van der Waals surface area (Å²) in [5.74, 6) is 1.65. The zero-order valence-electron chi connectivity index (χ0n) is 8.33. The smallest absolute Gasteiger partial charge is 0.147 e. The molecule has 0 saturated carbocycles. The molecule has 0 aliphatic carbocycles. The van der Waals surface area contributed by atoms with Gasteiger partial charge in [-0.25, -0.2) is 10.4 Å². The summed E-state index contributed by atoms with van der Waals surface area (Å²) in [4.78, 5) is 4.35. The third-order valence-electron chi connectivity index (χ3n) is 2.50. The Balaban J connectivity index is 2.51. The molecule has 1 aliphatic heterocycles. The topological polar surface area (TPSA) is 28.2 Å². The maximum Gasteiger partial charge on any atom is 0.147 e. The quantitative estimate of drug-likeness (QED) is 0.707. The molecule has 2 rings (SSSR count). The number of nitrogens with one attached hydrogen (secondary N) is 1. The van der Waals surface area contributed by atoms with E-state index in [1.165, 1.54) is 11.1 Å². The van der Waals surface area contributed by atoms with E-state index in [-0.39, 0.29) is 0 Å². The van der Waals surface area contributed by atoms with E-state index in [1.807, 2.05) is 18.3 Å². The van der Waals surface area contributed by atoms with Crippen molar-refractivity contribution < 1.29 is 0 Å². The number of hydrazine groups is 1. The van der Waals surface area contributed by atoms with Crippen molar-refractivity contribution in [3.8, 4) is 0 Å². The van der Waals surface area contributed by atoms with Gasteiger partial charge in [-0.3, -0.25) is 5.01 Å². The molecule has 0 amide bonds. The van der Waals surface area contributed by atoms with Gasteiger partial charge in [0.1, 0.15) is 5.82 Å². The van der Waals surface area contributed by atoms with Crippen LogP contribution in [-0.4, -0.2) is 12.0 Å². The summed E-state index contributed by atoms with van der Waals surface area (Å²) in [5, 5.41) is 1.99. The summed E-state index contributed by atoms with van der Waals surface area (Å²) in [6.45, 7) is 5.34. The van der Waals surface area contributed by atoms with Crippen molar-refractivity contribution in [2.75, 3.05) is 12.1 Å². The second-order valence-electron chi connectivity index (χ2n) is 3.75. The molecule has 1 aromatic rings. The van der Waals surface area contributed by atoms with E-state index >= 15 is 0 Å². The Morgan fingerprint density at radius 3 is 3.00 bits per heavy atom. The predicted molar refractivity (Wildman–Crippen MR) is 53.6 cm³/mol. The van der Waals surface area contributed by atoms with Crippen molar-refractivity contribution in [2.45, 2.75) is 26.3 Å². The number of anilines is 1. The SMILES string of the molecule is CC(C)c1ccnc2c1CNN2C. The first-order valence-electron chi connectivity index (χ1n) is 4.65. The first kappa shape index (κ1) is 8.51. The van der Waals surface area contributed by atoms with Gasteiger partial charge in [-0.05, 0) is 17.5 Å². The molecule has 0 spiro atoms. The number of hydrogen-bond donors (Lipinski definition) is 1. The van der Waals surface area contributed by atoms with Crippen LogP contribution in [-0.2, 0) is 6.54 Å². The molecule has 1 N–H and O–H groups in total. The third-order valence-corrected chi connectivity index (χ3v) is 2.50. The van der Waals surface area contributed by atoms with Crippen LogP contribution < -0.4 is 10.4 Å². The van der Waals surface area contributed by atoms with Gasteiger partial charge in [-0.2, -0.15) is 0 Å². The lowest BCUT2D eigenvalue weighted by Gasteiger charge is -2.12. The molecule has 1 aromatic heterocycles. The molecular weight excluding hydrogens is 162 g/mol. The monoisotopic (exact) mass is 177 g/mol. The molecule has 2 heterocycles. The van der Waals surface area contributed by atoms with E-state index in [4.69, 9.17) is 0 Å². The highest BCUT2D eigenvalue weighted by molar-refractivity contribution is 5.53. The van der Waals surface area contributed by atoms with E-state index in [0.717, 1.165) is 12.4 Å². The van der Waals surface area contributed by atoms with E-state index in [9.17, 15) is 0 Å². The fourth-order valence-corrected chi connectivity index (χ4v) is 1.78. The van der Waals surface area contributed by atoms with Gasteiger partial charge < -0.3 is 0 Å². The average molecular weight is 177 g/mol. The van der Waals surface area contributed by atoms with Gasteiger partial charge in [0.15, 0.2) is 0 Å². The van der Waals surface area contributed by atoms with Gasteiger partial charge in [0.2, 0.25) is 0 Å². The molecule has 0 bridgehead atoms. The normalized spacial score (nSPS) is 15.2. The summed E-state index contributed by atoms with van der Waals surface area (Å²) in [6.07, 6.45) is 1.89. The van der Waals surface area contributed by atoms with Crippen LogP contribution in [0, 0.1) is 0 Å². The van der Waals surface area contributed by atoms with Gasteiger partial charge in [-0.15, -0.1) is 0 Å². The van der Waals surface area contributed by atoms with Crippen molar-refractivity contribution >= 4 is 5.82 Å². The Hall–Kier alpha value is -1.09. The highest BCUT2D eigenvalue weighted by atomic mass is 15.5. The first-order chi connectivity index (χ1) is 6.20. The van der Waals surface area contributed by atoms with Crippen LogP contribution >= 0.6 is 0 Å². The minimum Gasteiger partial charge on any atom is -0.295 e. The Kier molecular flexibility index (Phi) is 1.96. The molecule has 0 saturated heterocycles. The minimum atomic E-state index is 0.574. The van der Waals surface area contributed by atoms with Crippen LogP contribution in [0.4, 0.5) is 5.82 Å². The summed E-state index contributed by atoms with van der Waals surface area (Å²) < 4.78 is 0. The number of pyridine rings is 1. The van der Waals surface area contributed by atoms with Crippen LogP contribution in [0.1, 0.15) is 30.9 Å². The maximum absolute atomic E-state index is 4.35. The standard InChI is InChI=1S/C10H15N3/c1-7(2)8-4-5-11-10-9(8)6-12-13(10)3/h4-5,7,12H,6H2,1-3H3. The maximum atomic E-state index is 4.35. The molecule has 1 aliphatic rings. The van der Waals surface area contributed by atoms with Gasteiger partial charge in [0, 0.05) is 25.4 Å². The van der Waals surface area contributed by atoms with Gasteiger partial charge in [-0.1, -0.05) is 13.8 Å². The summed E-state index contributed by atoms with van der Waals surface area (Å²) >= 11 is 0. The second-order valence-corrected chi connectivity index (χ2v) is 3.75. The Labute approximate surface area is 78.7 Å². The Morgan fingerprint density at radius 1 is 1.54 bits per heavy atom. The predicted octanol–water partition coefficient (Wildman–Crippen LogP) is 1.66. The summed E-state index contributed by atoms with van der Waals surface area (Å²) in [5.41, 5.74) is 6.00. The van der Waals surface area contributed by atoms with Gasteiger partial charge in [0.25, 0.3) is 0 Å². The van der Waals surface area contributed by atoms with Gasteiger partial charge >= 0.3 is 0 Å². The van der Waals surface area contributed by atoms with Crippen LogP contribution in [0.2, 0.25) is 0 Å². The Bertz CT molecular complexity index is 320. The number of nitrogens with zero attached hydrogens (tertiary/aromatic N) is 2. The molecule has 13 heavy (non-hydrogen) atoms. The molecule has 3 heteroatoms. The van der Waals surface area contributed by atoms with Crippen molar-refractivity contribution in [1.82, 2.24) is 10.4 Å². The number of rotatable bonds is 1. The zero-order valence-corrected chi connectivity index (χ0v) is 8.33. The van der Waals surface area contributed by atoms with Crippen LogP contribution in [0.5, 0.6) is 0 Å². The molecule has 0 fully saturated rings. The molecule has 3 nitrogen and oxygen atoms in total. The lowest BCUT2D eigenvalue weighted by molar-refractivity contribution is 0.724. The van der Waals surface area contributed by atoms with E-state index in [0.29, 0.717) is 5.92 Å². The van der Waals surface area contributed by atoms with Crippen LogP contribution in [0.25, 0.3) is 0 Å². The number of hydrogen-bond acceptors (Lipinski definition) is 3. The highest BCUT2D eigenvalue weighted by Gasteiger charge is 2.20. The first-order valence-corrected chi connectivity index (χ1v) is 4.65. The molecule has 0 radical (unpaired) electrons. The van der Waals surface area contributed by atoms with E-state index in [1.54, 1.807) is 0 Å². The highest BCUT2D eigenvalue weighted by Crippen LogP contribution is 2.28. The summed E-state index contributed by atoms with van der Waals surface area (Å²) in [6, 6.07) is 2.12. The van der Waals surface area contributed by atoms with E-state index < -0.39 is 0 Å². The second kappa shape index (κ2) is 3.00. The lowest BCUT2D eigenvalue weighted by atomic mass is 9.99. The fourth-order valence-electron chi connectivity index (χ4n) is 1.78. The molecule has 70 valence electrons. The van der Waals surface area contributed by atoms with Crippen LogP contribution in [0.3, 0.4) is 0 Å². The molecular formula is C10H15N3. The van der Waals surface area contributed by atoms with Crippen molar-refractivity contribution in [3.05, 3.63) is 23.4 Å². The lowest BCUT2D eigenvalue weighted by Crippen LogP contribution is -2.27. The number of fused-ring (bicyclic) bond motifs is 1. The largest absolute Gasteiger partial charge is 0.295 e. The van der Waals surface area contributed by atoms with Crippen molar-refractivity contribution in [1.29, 1.82) is 0 Å². The van der Waals surface area contributed by atoms with Gasteiger partial charge in [0.05, 0.1) is 0 Å². The average Bonchev–Trinajstić information content (AvgIpc) is 2.48. The minimum absolute atomic E-state index is 0.574. The molecule has 0 atom stereocenters. The fraction of sp³-hybridized carbons (Fsp3) is 0.500.